The Kier molecular flexibility index (Phi) is 4.19. The van der Waals surface area contributed by atoms with Crippen molar-refractivity contribution in [2.24, 2.45) is 0 Å². The maximum atomic E-state index is 11.5. The molecule has 1 amide bonds. The largest absolute Gasteiger partial charge is 0.445 e. The van der Waals surface area contributed by atoms with E-state index in [1.54, 1.807) is 18.1 Å². The van der Waals surface area contributed by atoms with E-state index in [0.717, 1.165) is 0 Å². The quantitative estimate of drug-likeness (QED) is 0.644. The van der Waals surface area contributed by atoms with E-state index >= 15 is 0 Å². The SMILES string of the molecule is C=CCOC(=O)N1CC=CCC1OC. The number of carbonyl (C=O) groups excluding carboxylic acids is 1. The summed E-state index contributed by atoms with van der Waals surface area (Å²) in [6.45, 7) is 4.24. The monoisotopic (exact) mass is 197 g/mol. The minimum atomic E-state index is -0.360. The minimum Gasteiger partial charge on any atom is -0.445 e. The van der Waals surface area contributed by atoms with E-state index in [9.17, 15) is 4.79 Å². The van der Waals surface area contributed by atoms with Crippen molar-refractivity contribution >= 4 is 6.09 Å². The van der Waals surface area contributed by atoms with Crippen LogP contribution >= 0.6 is 0 Å². The molecule has 0 saturated heterocycles. The molecule has 4 heteroatoms. The molecule has 1 rings (SSSR count). The van der Waals surface area contributed by atoms with Gasteiger partial charge in [-0.3, -0.25) is 4.90 Å². The first-order chi connectivity index (χ1) is 6.79. The van der Waals surface area contributed by atoms with Crippen LogP contribution in [0.2, 0.25) is 0 Å². The summed E-state index contributed by atoms with van der Waals surface area (Å²) < 4.78 is 10.1. The standard InChI is InChI=1S/C10H15NO3/c1-3-8-14-10(12)11-7-5-4-6-9(11)13-2/h3-5,9H,1,6-8H2,2H3. The number of carbonyl (C=O) groups is 1. The molecule has 0 fully saturated rings. The van der Waals surface area contributed by atoms with E-state index in [4.69, 9.17) is 9.47 Å². The van der Waals surface area contributed by atoms with Crippen molar-refractivity contribution in [2.75, 3.05) is 20.3 Å². The molecule has 1 heterocycles. The highest BCUT2D eigenvalue weighted by atomic mass is 16.6. The highest BCUT2D eigenvalue weighted by Gasteiger charge is 2.24. The third-order valence-electron chi connectivity index (χ3n) is 1.99. The number of hydrogen-bond donors (Lipinski definition) is 0. The van der Waals surface area contributed by atoms with Crippen molar-refractivity contribution in [2.45, 2.75) is 12.6 Å². The average Bonchev–Trinajstić information content (AvgIpc) is 2.25. The van der Waals surface area contributed by atoms with Gasteiger partial charge in [-0.1, -0.05) is 24.8 Å². The second-order valence-electron chi connectivity index (χ2n) is 2.92. The Morgan fingerprint density at radius 2 is 2.50 bits per heavy atom. The molecule has 0 spiro atoms. The van der Waals surface area contributed by atoms with E-state index < -0.39 is 0 Å². The lowest BCUT2D eigenvalue weighted by Crippen LogP contribution is -2.43. The summed E-state index contributed by atoms with van der Waals surface area (Å²) in [7, 11) is 1.58. The zero-order valence-electron chi connectivity index (χ0n) is 8.31. The summed E-state index contributed by atoms with van der Waals surface area (Å²) >= 11 is 0. The van der Waals surface area contributed by atoms with Gasteiger partial charge in [0, 0.05) is 20.1 Å². The average molecular weight is 197 g/mol. The normalized spacial score (nSPS) is 20.6. The van der Waals surface area contributed by atoms with E-state index in [1.807, 2.05) is 12.2 Å². The second-order valence-corrected chi connectivity index (χ2v) is 2.92. The van der Waals surface area contributed by atoms with Gasteiger partial charge in [-0.2, -0.15) is 0 Å². The Hall–Kier alpha value is -1.29. The molecule has 0 bridgehead atoms. The fourth-order valence-electron chi connectivity index (χ4n) is 1.27. The van der Waals surface area contributed by atoms with Crippen molar-refractivity contribution in [3.8, 4) is 0 Å². The highest BCUT2D eigenvalue weighted by Crippen LogP contribution is 2.12. The molecule has 1 aliphatic rings. The molecule has 0 saturated carbocycles. The summed E-state index contributed by atoms with van der Waals surface area (Å²) in [6.07, 6.45) is 5.59. The number of hydrogen-bond acceptors (Lipinski definition) is 3. The van der Waals surface area contributed by atoms with Gasteiger partial charge in [-0.15, -0.1) is 0 Å². The first-order valence-corrected chi connectivity index (χ1v) is 4.51. The number of methoxy groups -OCH3 is 1. The lowest BCUT2D eigenvalue weighted by atomic mass is 10.2. The molecule has 1 atom stereocenters. The van der Waals surface area contributed by atoms with Gasteiger partial charge >= 0.3 is 6.09 Å². The molecule has 0 aliphatic carbocycles. The van der Waals surface area contributed by atoms with Crippen LogP contribution in [-0.2, 0) is 9.47 Å². The van der Waals surface area contributed by atoms with Crippen molar-refractivity contribution in [1.82, 2.24) is 4.90 Å². The van der Waals surface area contributed by atoms with E-state index in [1.165, 1.54) is 0 Å². The number of nitrogens with zero attached hydrogens (tertiary/aromatic N) is 1. The fourth-order valence-corrected chi connectivity index (χ4v) is 1.27. The molecule has 0 N–H and O–H groups in total. The van der Waals surface area contributed by atoms with Gasteiger partial charge in [-0.25, -0.2) is 4.79 Å². The van der Waals surface area contributed by atoms with Crippen LogP contribution in [0.1, 0.15) is 6.42 Å². The van der Waals surface area contributed by atoms with Gasteiger partial charge in [0.05, 0.1) is 0 Å². The van der Waals surface area contributed by atoms with E-state index in [0.29, 0.717) is 13.0 Å². The predicted octanol–water partition coefficient (Wildman–Crippen LogP) is 1.54. The molecular formula is C10H15NO3. The number of rotatable bonds is 3. The van der Waals surface area contributed by atoms with Gasteiger partial charge in [-0.05, 0) is 0 Å². The van der Waals surface area contributed by atoms with Crippen LogP contribution in [0, 0.1) is 0 Å². The number of amides is 1. The first kappa shape index (κ1) is 10.8. The third-order valence-corrected chi connectivity index (χ3v) is 1.99. The predicted molar refractivity (Wildman–Crippen MR) is 52.8 cm³/mol. The van der Waals surface area contributed by atoms with Crippen LogP contribution in [0.25, 0.3) is 0 Å². The fraction of sp³-hybridized carbons (Fsp3) is 0.500. The smallest absolute Gasteiger partial charge is 0.412 e. The molecule has 0 aromatic heterocycles. The maximum Gasteiger partial charge on any atom is 0.412 e. The maximum absolute atomic E-state index is 11.5. The van der Waals surface area contributed by atoms with Gasteiger partial charge in [0.15, 0.2) is 0 Å². The molecule has 0 aromatic rings. The zero-order valence-corrected chi connectivity index (χ0v) is 8.31. The minimum absolute atomic E-state index is 0.211. The molecule has 78 valence electrons. The van der Waals surface area contributed by atoms with Gasteiger partial charge < -0.3 is 9.47 Å². The van der Waals surface area contributed by atoms with Crippen LogP contribution in [0.5, 0.6) is 0 Å². The summed E-state index contributed by atoms with van der Waals surface area (Å²) in [4.78, 5) is 13.0. The van der Waals surface area contributed by atoms with Crippen LogP contribution in [0.15, 0.2) is 24.8 Å². The number of ether oxygens (including phenoxy) is 2. The molecule has 14 heavy (non-hydrogen) atoms. The van der Waals surface area contributed by atoms with Crippen molar-refractivity contribution in [3.05, 3.63) is 24.8 Å². The van der Waals surface area contributed by atoms with Crippen LogP contribution in [-0.4, -0.2) is 37.5 Å². The van der Waals surface area contributed by atoms with Gasteiger partial charge in [0.1, 0.15) is 12.8 Å². The Balaban J connectivity index is 2.51. The molecule has 0 radical (unpaired) electrons. The van der Waals surface area contributed by atoms with Crippen molar-refractivity contribution in [1.29, 1.82) is 0 Å². The Bertz CT molecular complexity index is 238. The van der Waals surface area contributed by atoms with Gasteiger partial charge in [0.25, 0.3) is 0 Å². The Labute approximate surface area is 83.8 Å². The van der Waals surface area contributed by atoms with Gasteiger partial charge in [0.2, 0.25) is 0 Å². The zero-order chi connectivity index (χ0) is 10.4. The summed E-state index contributed by atoms with van der Waals surface area (Å²) in [5.41, 5.74) is 0. The lowest BCUT2D eigenvalue weighted by molar-refractivity contribution is -0.0240. The highest BCUT2D eigenvalue weighted by molar-refractivity contribution is 5.68. The molecule has 1 unspecified atom stereocenters. The molecule has 0 aromatic carbocycles. The molecule has 1 aliphatic heterocycles. The molecular weight excluding hydrogens is 182 g/mol. The second kappa shape index (κ2) is 5.44. The van der Waals surface area contributed by atoms with Crippen LogP contribution in [0.3, 0.4) is 0 Å². The summed E-state index contributed by atoms with van der Waals surface area (Å²) in [5, 5.41) is 0. The summed E-state index contributed by atoms with van der Waals surface area (Å²) in [6, 6.07) is 0. The van der Waals surface area contributed by atoms with E-state index in [-0.39, 0.29) is 18.9 Å². The summed E-state index contributed by atoms with van der Waals surface area (Å²) in [5.74, 6) is 0. The topological polar surface area (TPSA) is 38.8 Å². The Morgan fingerprint density at radius 1 is 1.71 bits per heavy atom. The van der Waals surface area contributed by atoms with Crippen LogP contribution in [0.4, 0.5) is 4.79 Å². The van der Waals surface area contributed by atoms with Crippen molar-refractivity contribution in [3.63, 3.8) is 0 Å². The van der Waals surface area contributed by atoms with E-state index in [2.05, 4.69) is 6.58 Å². The van der Waals surface area contributed by atoms with Crippen LogP contribution < -0.4 is 0 Å². The lowest BCUT2D eigenvalue weighted by Gasteiger charge is -2.30. The Morgan fingerprint density at radius 3 is 3.14 bits per heavy atom. The first-order valence-electron chi connectivity index (χ1n) is 4.51. The third kappa shape index (κ3) is 2.60. The van der Waals surface area contributed by atoms with Crippen molar-refractivity contribution < 1.29 is 14.3 Å². The molecule has 4 nitrogen and oxygen atoms in total.